The average molecular weight is 387 g/mol. The maximum absolute atomic E-state index is 13.9. The molecule has 0 radical (unpaired) electrons. The number of rotatable bonds is 5. The monoisotopic (exact) mass is 387 g/mol. The SMILES string of the molecule is Cc1c(F)cc(C(N)=O)cc1NC(=O)Cc1csc(-c2cccc(F)c2)n1. The smallest absolute Gasteiger partial charge is 0.248 e. The summed E-state index contributed by atoms with van der Waals surface area (Å²) in [6.45, 7) is 1.49. The summed E-state index contributed by atoms with van der Waals surface area (Å²) >= 11 is 1.29. The highest BCUT2D eigenvalue weighted by atomic mass is 32.1. The molecule has 0 fully saturated rings. The number of anilines is 1. The zero-order chi connectivity index (χ0) is 19.6. The summed E-state index contributed by atoms with van der Waals surface area (Å²) in [5.74, 6) is -2.21. The number of hydrogen-bond acceptors (Lipinski definition) is 4. The van der Waals surface area contributed by atoms with Crippen molar-refractivity contribution in [2.24, 2.45) is 5.73 Å². The van der Waals surface area contributed by atoms with Crippen LogP contribution in [0.15, 0.2) is 41.8 Å². The van der Waals surface area contributed by atoms with Gasteiger partial charge in [-0.15, -0.1) is 11.3 Å². The van der Waals surface area contributed by atoms with Gasteiger partial charge < -0.3 is 11.1 Å². The Hall–Kier alpha value is -3.13. The second kappa shape index (κ2) is 7.63. The van der Waals surface area contributed by atoms with Gasteiger partial charge in [-0.2, -0.15) is 0 Å². The van der Waals surface area contributed by atoms with E-state index < -0.39 is 17.6 Å². The summed E-state index contributed by atoms with van der Waals surface area (Å²) in [5, 5.41) is 4.87. The number of carbonyl (C=O) groups excluding carboxylic acids is 2. The molecule has 0 saturated heterocycles. The second-order valence-corrected chi connectivity index (χ2v) is 6.73. The quantitative estimate of drug-likeness (QED) is 0.700. The van der Waals surface area contributed by atoms with Gasteiger partial charge in [0.25, 0.3) is 0 Å². The van der Waals surface area contributed by atoms with Gasteiger partial charge in [0.05, 0.1) is 12.1 Å². The third kappa shape index (κ3) is 4.35. The Morgan fingerprint density at radius 2 is 2.00 bits per heavy atom. The number of carbonyl (C=O) groups is 2. The van der Waals surface area contributed by atoms with Gasteiger partial charge in [-0.05, 0) is 31.2 Å². The Morgan fingerprint density at radius 3 is 2.70 bits per heavy atom. The Kier molecular flexibility index (Phi) is 5.27. The van der Waals surface area contributed by atoms with Gasteiger partial charge >= 0.3 is 0 Å². The van der Waals surface area contributed by atoms with Gasteiger partial charge in [-0.25, -0.2) is 13.8 Å². The predicted octanol–water partition coefficient (Wildman–Crippen LogP) is 3.68. The highest BCUT2D eigenvalue weighted by molar-refractivity contribution is 7.13. The van der Waals surface area contributed by atoms with Crippen LogP contribution < -0.4 is 11.1 Å². The first-order chi connectivity index (χ1) is 12.8. The van der Waals surface area contributed by atoms with Crippen LogP contribution in [0.1, 0.15) is 21.6 Å². The number of nitrogens with two attached hydrogens (primary N) is 1. The van der Waals surface area contributed by atoms with Gasteiger partial charge in [0.2, 0.25) is 11.8 Å². The molecule has 0 atom stereocenters. The molecule has 2 aromatic carbocycles. The molecule has 3 aromatic rings. The molecule has 0 spiro atoms. The summed E-state index contributed by atoms with van der Waals surface area (Å²) in [4.78, 5) is 27.9. The van der Waals surface area contributed by atoms with E-state index in [9.17, 15) is 18.4 Å². The average Bonchev–Trinajstić information content (AvgIpc) is 3.07. The minimum Gasteiger partial charge on any atom is -0.366 e. The molecule has 138 valence electrons. The van der Waals surface area contributed by atoms with Crippen LogP contribution in [-0.4, -0.2) is 16.8 Å². The third-order valence-electron chi connectivity index (χ3n) is 3.87. The van der Waals surface area contributed by atoms with Gasteiger partial charge in [0.15, 0.2) is 0 Å². The van der Waals surface area contributed by atoms with Crippen LogP contribution in [-0.2, 0) is 11.2 Å². The molecule has 0 aliphatic carbocycles. The van der Waals surface area contributed by atoms with Gasteiger partial charge in [-0.3, -0.25) is 9.59 Å². The lowest BCUT2D eigenvalue weighted by Crippen LogP contribution is -2.18. The number of hydrogen-bond donors (Lipinski definition) is 2. The fourth-order valence-corrected chi connectivity index (χ4v) is 3.27. The van der Waals surface area contributed by atoms with Crippen molar-refractivity contribution in [3.63, 3.8) is 0 Å². The Labute approximate surface area is 157 Å². The number of benzene rings is 2. The van der Waals surface area contributed by atoms with Crippen molar-refractivity contribution in [3.05, 3.63) is 70.2 Å². The van der Waals surface area contributed by atoms with Crippen LogP contribution in [0, 0.1) is 18.6 Å². The molecule has 0 saturated carbocycles. The van der Waals surface area contributed by atoms with E-state index in [0.717, 1.165) is 6.07 Å². The fraction of sp³-hybridized carbons (Fsp3) is 0.105. The van der Waals surface area contributed by atoms with Gasteiger partial charge in [0.1, 0.15) is 16.6 Å². The first-order valence-electron chi connectivity index (χ1n) is 7.93. The van der Waals surface area contributed by atoms with E-state index in [0.29, 0.717) is 16.3 Å². The zero-order valence-corrected chi connectivity index (χ0v) is 15.1. The number of nitrogens with zero attached hydrogens (tertiary/aromatic N) is 1. The van der Waals surface area contributed by atoms with Crippen molar-refractivity contribution < 1.29 is 18.4 Å². The molecule has 0 unspecified atom stereocenters. The minimum atomic E-state index is -0.788. The van der Waals surface area contributed by atoms with Crippen molar-refractivity contribution in [2.75, 3.05) is 5.32 Å². The van der Waals surface area contributed by atoms with Crippen molar-refractivity contribution in [1.29, 1.82) is 0 Å². The number of primary amides is 1. The first-order valence-corrected chi connectivity index (χ1v) is 8.81. The maximum Gasteiger partial charge on any atom is 0.248 e. The fourth-order valence-electron chi connectivity index (χ4n) is 2.45. The Balaban J connectivity index is 1.75. The number of halogens is 2. The molecule has 0 aliphatic heterocycles. The Bertz CT molecular complexity index is 1030. The summed E-state index contributed by atoms with van der Waals surface area (Å²) in [7, 11) is 0. The molecule has 27 heavy (non-hydrogen) atoms. The van der Waals surface area contributed by atoms with Crippen molar-refractivity contribution >= 4 is 28.8 Å². The minimum absolute atomic E-state index is 0.0320. The topological polar surface area (TPSA) is 85.1 Å². The van der Waals surface area contributed by atoms with E-state index in [1.165, 1.54) is 36.5 Å². The molecule has 3 rings (SSSR count). The van der Waals surface area contributed by atoms with Crippen LogP contribution in [0.3, 0.4) is 0 Å². The van der Waals surface area contributed by atoms with Crippen molar-refractivity contribution in [3.8, 4) is 10.6 Å². The number of nitrogens with one attached hydrogen (secondary N) is 1. The number of thiazole rings is 1. The molecule has 5 nitrogen and oxygen atoms in total. The van der Waals surface area contributed by atoms with Crippen LogP contribution >= 0.6 is 11.3 Å². The largest absolute Gasteiger partial charge is 0.366 e. The van der Waals surface area contributed by atoms with Crippen LogP contribution in [0.4, 0.5) is 14.5 Å². The molecule has 1 heterocycles. The highest BCUT2D eigenvalue weighted by Gasteiger charge is 2.14. The van der Waals surface area contributed by atoms with Gasteiger partial charge in [-0.1, -0.05) is 12.1 Å². The van der Waals surface area contributed by atoms with E-state index in [4.69, 9.17) is 5.73 Å². The molecule has 3 N–H and O–H groups in total. The molecule has 2 amide bonds. The molecule has 0 aliphatic rings. The standard InChI is InChI=1S/C19H15F2N3O2S/c1-10-15(21)6-12(18(22)26)7-16(10)24-17(25)8-14-9-27-19(23-14)11-3-2-4-13(20)5-11/h2-7,9H,8H2,1H3,(H2,22,26)(H,24,25). The van der Waals surface area contributed by atoms with Crippen molar-refractivity contribution in [1.82, 2.24) is 4.98 Å². The Morgan fingerprint density at radius 1 is 1.22 bits per heavy atom. The normalized spacial score (nSPS) is 10.6. The first kappa shape index (κ1) is 18.7. The van der Waals surface area contributed by atoms with Crippen LogP contribution in [0.2, 0.25) is 0 Å². The summed E-state index contributed by atoms with van der Waals surface area (Å²) < 4.78 is 27.2. The lowest BCUT2D eigenvalue weighted by molar-refractivity contribution is -0.115. The molecular formula is C19H15F2N3O2S. The van der Waals surface area contributed by atoms with Crippen LogP contribution in [0.25, 0.3) is 10.6 Å². The van der Waals surface area contributed by atoms with E-state index in [1.807, 2.05) is 0 Å². The number of amides is 2. The maximum atomic E-state index is 13.9. The lowest BCUT2D eigenvalue weighted by atomic mass is 10.1. The second-order valence-electron chi connectivity index (χ2n) is 5.87. The predicted molar refractivity (Wildman–Crippen MR) is 99.5 cm³/mol. The lowest BCUT2D eigenvalue weighted by Gasteiger charge is -2.10. The highest BCUT2D eigenvalue weighted by Crippen LogP contribution is 2.25. The van der Waals surface area contributed by atoms with E-state index in [2.05, 4.69) is 10.3 Å². The molecule has 8 heteroatoms. The van der Waals surface area contributed by atoms with Crippen LogP contribution in [0.5, 0.6) is 0 Å². The summed E-state index contributed by atoms with van der Waals surface area (Å²) in [6.07, 6.45) is -0.0479. The molecule has 1 aromatic heterocycles. The van der Waals surface area contributed by atoms with Gasteiger partial charge in [0, 0.05) is 27.8 Å². The molecular weight excluding hydrogens is 372 g/mol. The van der Waals surface area contributed by atoms with E-state index in [-0.39, 0.29) is 29.1 Å². The van der Waals surface area contributed by atoms with E-state index >= 15 is 0 Å². The number of aromatic nitrogens is 1. The zero-order valence-electron chi connectivity index (χ0n) is 14.3. The summed E-state index contributed by atoms with van der Waals surface area (Å²) in [5.41, 5.74) is 6.64. The van der Waals surface area contributed by atoms with E-state index in [1.54, 1.807) is 17.5 Å². The summed E-state index contributed by atoms with van der Waals surface area (Å²) in [6, 6.07) is 8.38. The molecule has 0 bridgehead atoms. The van der Waals surface area contributed by atoms with Crippen molar-refractivity contribution in [2.45, 2.75) is 13.3 Å². The third-order valence-corrected chi connectivity index (χ3v) is 4.81.